The van der Waals surface area contributed by atoms with Gasteiger partial charge in [0.05, 0.1) is 0 Å². The molecule has 0 aliphatic carbocycles. The molecule has 0 saturated carbocycles. The topological polar surface area (TPSA) is 73.6 Å². The van der Waals surface area contributed by atoms with Gasteiger partial charge in [-0.25, -0.2) is 0 Å². The van der Waals surface area contributed by atoms with E-state index in [4.69, 9.17) is 15.2 Å². The first-order valence-corrected chi connectivity index (χ1v) is 7.82. The van der Waals surface area contributed by atoms with E-state index in [1.807, 2.05) is 48.5 Å². The van der Waals surface area contributed by atoms with Crippen LogP contribution in [0, 0.1) is 0 Å². The monoisotopic (exact) mass is 334 g/mol. The maximum Gasteiger partial charge on any atom is 0.280 e. The molecule has 5 nitrogen and oxygen atoms in total. The molecule has 1 atom stereocenters. The first-order valence-electron chi connectivity index (χ1n) is 7.82. The first-order chi connectivity index (χ1) is 12.2. The lowest BCUT2D eigenvalue weighted by Crippen LogP contribution is -2.40. The number of nitrogens with one attached hydrogen (secondary N) is 1. The largest absolute Gasteiger partial charge is 0.466 e. The number of ether oxygens (including phenoxy) is 2. The van der Waals surface area contributed by atoms with Crippen LogP contribution in [-0.2, 0) is 4.79 Å². The lowest BCUT2D eigenvalue weighted by atomic mass is 10.3. The van der Waals surface area contributed by atoms with Gasteiger partial charge in [-0.15, -0.1) is 0 Å². The smallest absolute Gasteiger partial charge is 0.280 e. The van der Waals surface area contributed by atoms with Crippen LogP contribution in [0.2, 0.25) is 0 Å². The van der Waals surface area contributed by atoms with Gasteiger partial charge in [-0.05, 0) is 48.5 Å². The fourth-order valence-electron chi connectivity index (χ4n) is 2.14. The molecule has 1 amide bonds. The molecule has 0 radical (unpaired) electrons. The van der Waals surface area contributed by atoms with E-state index in [-0.39, 0.29) is 0 Å². The Morgan fingerprint density at radius 2 is 1.28 bits per heavy atom. The summed E-state index contributed by atoms with van der Waals surface area (Å²) in [5.74, 6) is 1.53. The highest BCUT2D eigenvalue weighted by atomic mass is 16.5. The summed E-state index contributed by atoms with van der Waals surface area (Å²) in [5.41, 5.74) is 6.38. The maximum absolute atomic E-state index is 12.1. The van der Waals surface area contributed by atoms with Crippen LogP contribution in [0.1, 0.15) is 0 Å². The van der Waals surface area contributed by atoms with Crippen LogP contribution in [0.5, 0.6) is 17.2 Å². The van der Waals surface area contributed by atoms with E-state index in [9.17, 15) is 4.79 Å². The molecule has 3 aromatic rings. The Hall–Kier alpha value is -3.31. The molecule has 3 aromatic carbocycles. The van der Waals surface area contributed by atoms with Crippen molar-refractivity contribution in [2.75, 3.05) is 5.32 Å². The molecule has 25 heavy (non-hydrogen) atoms. The van der Waals surface area contributed by atoms with Crippen LogP contribution in [0.15, 0.2) is 84.9 Å². The van der Waals surface area contributed by atoms with E-state index in [2.05, 4.69) is 5.32 Å². The van der Waals surface area contributed by atoms with E-state index in [0.717, 1.165) is 5.75 Å². The SMILES string of the molecule is NC(Oc1ccccc1)C(=O)Nc1ccc(Oc2ccccc2)cc1. The second-order valence-electron chi connectivity index (χ2n) is 5.28. The van der Waals surface area contributed by atoms with Gasteiger partial charge in [-0.1, -0.05) is 36.4 Å². The summed E-state index contributed by atoms with van der Waals surface area (Å²) in [7, 11) is 0. The molecule has 0 spiro atoms. The molecule has 3 N–H and O–H groups in total. The summed E-state index contributed by atoms with van der Waals surface area (Å²) >= 11 is 0. The van der Waals surface area contributed by atoms with Crippen molar-refractivity contribution in [1.82, 2.24) is 0 Å². The third-order valence-corrected chi connectivity index (χ3v) is 3.37. The third-order valence-electron chi connectivity index (χ3n) is 3.37. The summed E-state index contributed by atoms with van der Waals surface area (Å²) in [5, 5.41) is 2.71. The Labute approximate surface area is 146 Å². The predicted molar refractivity (Wildman–Crippen MR) is 96.6 cm³/mol. The molecule has 0 aliphatic heterocycles. The van der Waals surface area contributed by atoms with Gasteiger partial charge in [0.2, 0.25) is 6.23 Å². The summed E-state index contributed by atoms with van der Waals surface area (Å²) in [6, 6.07) is 25.4. The molecular formula is C20H18N2O3. The number of hydrogen-bond acceptors (Lipinski definition) is 4. The highest BCUT2D eigenvalue weighted by molar-refractivity contribution is 5.93. The molecular weight excluding hydrogens is 316 g/mol. The van der Waals surface area contributed by atoms with Crippen molar-refractivity contribution in [2.24, 2.45) is 5.73 Å². The van der Waals surface area contributed by atoms with Crippen molar-refractivity contribution in [3.63, 3.8) is 0 Å². The summed E-state index contributed by atoms with van der Waals surface area (Å²) in [6.45, 7) is 0. The van der Waals surface area contributed by atoms with Gasteiger partial charge in [0.25, 0.3) is 5.91 Å². The number of para-hydroxylation sites is 2. The summed E-state index contributed by atoms with van der Waals surface area (Å²) in [4.78, 5) is 12.1. The number of rotatable bonds is 6. The minimum absolute atomic E-state index is 0.430. The number of amides is 1. The zero-order valence-corrected chi connectivity index (χ0v) is 13.5. The van der Waals surface area contributed by atoms with Gasteiger partial charge in [0, 0.05) is 5.69 Å². The van der Waals surface area contributed by atoms with Crippen molar-refractivity contribution >= 4 is 11.6 Å². The highest BCUT2D eigenvalue weighted by Gasteiger charge is 2.15. The fourth-order valence-corrected chi connectivity index (χ4v) is 2.14. The molecule has 5 heteroatoms. The third kappa shape index (κ3) is 4.83. The lowest BCUT2D eigenvalue weighted by molar-refractivity contribution is -0.122. The van der Waals surface area contributed by atoms with Gasteiger partial charge in [-0.3, -0.25) is 10.5 Å². The normalized spacial score (nSPS) is 11.4. The quantitative estimate of drug-likeness (QED) is 0.673. The fraction of sp³-hybridized carbons (Fsp3) is 0.0500. The zero-order valence-electron chi connectivity index (χ0n) is 13.5. The van der Waals surface area contributed by atoms with Gasteiger partial charge in [-0.2, -0.15) is 0 Å². The van der Waals surface area contributed by atoms with Crippen LogP contribution >= 0.6 is 0 Å². The van der Waals surface area contributed by atoms with E-state index in [1.165, 1.54) is 0 Å². The number of carbonyl (C=O) groups is 1. The van der Waals surface area contributed by atoms with E-state index in [0.29, 0.717) is 17.2 Å². The van der Waals surface area contributed by atoms with E-state index in [1.54, 1.807) is 36.4 Å². The minimum Gasteiger partial charge on any atom is -0.466 e. The lowest BCUT2D eigenvalue weighted by Gasteiger charge is -2.14. The molecule has 0 saturated heterocycles. The molecule has 0 aromatic heterocycles. The second kappa shape index (κ2) is 7.99. The molecule has 0 heterocycles. The summed E-state index contributed by atoms with van der Waals surface area (Å²) < 4.78 is 11.1. The molecule has 0 fully saturated rings. The Morgan fingerprint density at radius 1 is 0.760 bits per heavy atom. The Bertz CT molecular complexity index is 805. The van der Waals surface area contributed by atoms with Crippen LogP contribution in [0.4, 0.5) is 5.69 Å². The maximum atomic E-state index is 12.1. The van der Waals surface area contributed by atoms with Gasteiger partial charge in [0.1, 0.15) is 17.2 Å². The summed E-state index contributed by atoms with van der Waals surface area (Å²) in [6.07, 6.45) is -1.09. The van der Waals surface area contributed by atoms with Gasteiger partial charge in [0.15, 0.2) is 0 Å². The Morgan fingerprint density at radius 3 is 1.88 bits per heavy atom. The number of benzene rings is 3. The van der Waals surface area contributed by atoms with Crippen LogP contribution < -0.4 is 20.5 Å². The minimum atomic E-state index is -1.09. The van der Waals surface area contributed by atoms with Crippen LogP contribution in [0.3, 0.4) is 0 Å². The molecule has 0 bridgehead atoms. The average Bonchev–Trinajstić information content (AvgIpc) is 2.65. The number of anilines is 1. The van der Waals surface area contributed by atoms with Crippen molar-refractivity contribution < 1.29 is 14.3 Å². The average molecular weight is 334 g/mol. The van der Waals surface area contributed by atoms with Crippen molar-refractivity contribution in [3.8, 4) is 17.2 Å². The van der Waals surface area contributed by atoms with Gasteiger partial charge >= 0.3 is 0 Å². The first kappa shape index (κ1) is 16.5. The Kier molecular flexibility index (Phi) is 5.29. The van der Waals surface area contributed by atoms with Crippen molar-refractivity contribution in [3.05, 3.63) is 84.9 Å². The highest BCUT2D eigenvalue weighted by Crippen LogP contribution is 2.22. The van der Waals surface area contributed by atoms with Gasteiger partial charge < -0.3 is 14.8 Å². The van der Waals surface area contributed by atoms with Crippen molar-refractivity contribution in [1.29, 1.82) is 0 Å². The Balaban J connectivity index is 1.56. The van der Waals surface area contributed by atoms with Crippen LogP contribution in [-0.4, -0.2) is 12.1 Å². The predicted octanol–water partition coefficient (Wildman–Crippen LogP) is 3.78. The standard InChI is InChI=1S/C20H18N2O3/c21-19(25-17-9-5-2-6-10-17)20(23)22-15-11-13-18(14-12-15)24-16-7-3-1-4-8-16/h1-14,19H,21H2,(H,22,23). The zero-order chi connectivity index (χ0) is 17.5. The molecule has 3 rings (SSSR count). The van der Waals surface area contributed by atoms with E-state index < -0.39 is 12.1 Å². The number of nitrogens with two attached hydrogens (primary N) is 1. The molecule has 1 unspecified atom stereocenters. The second-order valence-corrected chi connectivity index (χ2v) is 5.28. The number of carbonyl (C=O) groups excluding carboxylic acids is 1. The number of hydrogen-bond donors (Lipinski definition) is 2. The molecule has 126 valence electrons. The van der Waals surface area contributed by atoms with Crippen molar-refractivity contribution in [2.45, 2.75) is 6.23 Å². The molecule has 0 aliphatic rings. The van der Waals surface area contributed by atoms with Crippen LogP contribution in [0.25, 0.3) is 0 Å². The van der Waals surface area contributed by atoms with E-state index >= 15 is 0 Å².